The van der Waals surface area contributed by atoms with Crippen LogP contribution in [0.15, 0.2) is 64.5 Å². The van der Waals surface area contributed by atoms with Gasteiger partial charge < -0.3 is 10.4 Å². The lowest BCUT2D eigenvalue weighted by atomic mass is 10.0. The number of aromatic nitrogens is 3. The Balaban J connectivity index is 0.00000289. The van der Waals surface area contributed by atoms with Gasteiger partial charge in [-0.05, 0) is 48.9 Å². The van der Waals surface area contributed by atoms with Crippen molar-refractivity contribution in [2.75, 3.05) is 13.2 Å². The van der Waals surface area contributed by atoms with Gasteiger partial charge >= 0.3 is 0 Å². The van der Waals surface area contributed by atoms with Crippen LogP contribution >= 0.6 is 24.2 Å². The van der Waals surface area contributed by atoms with E-state index in [1.54, 1.807) is 34.9 Å². The number of benzene rings is 2. The highest BCUT2D eigenvalue weighted by Crippen LogP contribution is 2.32. The first-order valence-corrected chi connectivity index (χ1v) is 10.3. The number of carbonyl (C=O) groups excluding carboxylic acids is 1. The predicted octanol–water partition coefficient (Wildman–Crippen LogP) is 4.28. The molecule has 10 heteroatoms. The number of nitrogens with one attached hydrogen (secondary N) is 1. The molecule has 0 aliphatic carbocycles. The lowest BCUT2D eigenvalue weighted by Gasteiger charge is -2.09. The molecule has 0 aliphatic rings. The minimum absolute atomic E-state index is 0. The standard InChI is InChI=1S/C22H18F2N4O2S.ClH/c1-13-2-3-14(22(30)25-8-9-29)10-17(13)21-27-26-20-7-5-16(12-28(20)21)31-19-6-4-15(23)11-18(19)24;/h2-7,10-12,29H,8-9H2,1H3,(H,25,30);1H. The van der Waals surface area contributed by atoms with E-state index in [1.807, 2.05) is 13.0 Å². The minimum Gasteiger partial charge on any atom is -0.395 e. The third-order valence-electron chi connectivity index (χ3n) is 4.63. The first kappa shape index (κ1) is 23.6. The molecule has 1 amide bonds. The Labute approximate surface area is 193 Å². The normalized spacial score (nSPS) is 10.8. The van der Waals surface area contributed by atoms with Crippen molar-refractivity contribution in [2.24, 2.45) is 0 Å². The van der Waals surface area contributed by atoms with Crippen LogP contribution in [0.25, 0.3) is 17.0 Å². The van der Waals surface area contributed by atoms with Gasteiger partial charge in [0.15, 0.2) is 11.5 Å². The summed E-state index contributed by atoms with van der Waals surface area (Å²) >= 11 is 1.16. The van der Waals surface area contributed by atoms with Crippen molar-refractivity contribution >= 4 is 35.7 Å². The summed E-state index contributed by atoms with van der Waals surface area (Å²) in [5, 5.41) is 20.0. The van der Waals surface area contributed by atoms with Gasteiger partial charge in [0.1, 0.15) is 11.6 Å². The molecule has 0 unspecified atom stereocenters. The topological polar surface area (TPSA) is 79.5 Å². The van der Waals surface area contributed by atoms with Crippen LogP contribution in [0.2, 0.25) is 0 Å². The SMILES string of the molecule is Cc1ccc(C(=O)NCCO)cc1-c1nnc2ccc(Sc3ccc(F)cc3F)cn12.Cl. The largest absolute Gasteiger partial charge is 0.395 e. The van der Waals surface area contributed by atoms with E-state index in [2.05, 4.69) is 15.5 Å². The molecular weight excluding hydrogens is 458 g/mol. The maximum Gasteiger partial charge on any atom is 0.251 e. The van der Waals surface area contributed by atoms with E-state index >= 15 is 0 Å². The number of carbonyl (C=O) groups is 1. The lowest BCUT2D eigenvalue weighted by Crippen LogP contribution is -2.26. The molecule has 0 spiro atoms. The number of aliphatic hydroxyl groups is 1. The van der Waals surface area contributed by atoms with Gasteiger partial charge in [0.25, 0.3) is 5.91 Å². The molecule has 6 nitrogen and oxygen atoms in total. The third kappa shape index (κ3) is 4.90. The highest BCUT2D eigenvalue weighted by Gasteiger charge is 2.15. The molecule has 2 aromatic heterocycles. The van der Waals surface area contributed by atoms with Crippen molar-refractivity contribution in [1.29, 1.82) is 0 Å². The van der Waals surface area contributed by atoms with E-state index in [0.29, 0.717) is 26.8 Å². The molecular formula is C22H19ClF2N4O2S. The fourth-order valence-electron chi connectivity index (χ4n) is 3.08. The molecule has 166 valence electrons. The number of amides is 1. The molecule has 0 bridgehead atoms. The average molecular weight is 477 g/mol. The predicted molar refractivity (Wildman–Crippen MR) is 120 cm³/mol. The number of hydrogen-bond acceptors (Lipinski definition) is 5. The maximum atomic E-state index is 14.0. The molecule has 4 aromatic rings. The van der Waals surface area contributed by atoms with Crippen LogP contribution in [0, 0.1) is 18.6 Å². The van der Waals surface area contributed by atoms with Crippen LogP contribution in [0.3, 0.4) is 0 Å². The van der Waals surface area contributed by atoms with Gasteiger partial charge in [0.2, 0.25) is 0 Å². The quantitative estimate of drug-likeness (QED) is 0.434. The summed E-state index contributed by atoms with van der Waals surface area (Å²) in [4.78, 5) is 13.3. The van der Waals surface area contributed by atoms with E-state index in [-0.39, 0.29) is 31.5 Å². The van der Waals surface area contributed by atoms with Crippen LogP contribution in [0.5, 0.6) is 0 Å². The van der Waals surface area contributed by atoms with E-state index in [9.17, 15) is 13.6 Å². The second kappa shape index (κ2) is 10.1. The minimum atomic E-state index is -0.633. The highest BCUT2D eigenvalue weighted by atomic mass is 35.5. The molecule has 4 rings (SSSR count). The zero-order chi connectivity index (χ0) is 22.0. The van der Waals surface area contributed by atoms with E-state index in [1.165, 1.54) is 12.1 Å². The van der Waals surface area contributed by atoms with Crippen LogP contribution in [0.4, 0.5) is 8.78 Å². The zero-order valence-electron chi connectivity index (χ0n) is 16.9. The maximum absolute atomic E-state index is 14.0. The smallest absolute Gasteiger partial charge is 0.251 e. The monoisotopic (exact) mass is 476 g/mol. The van der Waals surface area contributed by atoms with Crippen LogP contribution in [-0.2, 0) is 0 Å². The molecule has 32 heavy (non-hydrogen) atoms. The molecule has 2 N–H and O–H groups in total. The van der Waals surface area contributed by atoms with Crippen molar-refractivity contribution in [3.8, 4) is 11.4 Å². The second-order valence-electron chi connectivity index (χ2n) is 6.80. The van der Waals surface area contributed by atoms with Gasteiger partial charge in [-0.1, -0.05) is 17.8 Å². The van der Waals surface area contributed by atoms with Crippen molar-refractivity contribution in [1.82, 2.24) is 19.9 Å². The molecule has 0 fully saturated rings. The molecule has 2 aromatic carbocycles. The van der Waals surface area contributed by atoms with Gasteiger partial charge in [0.05, 0.1) is 6.61 Å². The van der Waals surface area contributed by atoms with Crippen molar-refractivity contribution in [2.45, 2.75) is 16.7 Å². The van der Waals surface area contributed by atoms with Gasteiger partial charge in [-0.2, -0.15) is 0 Å². The summed E-state index contributed by atoms with van der Waals surface area (Å²) in [5.41, 5.74) is 2.65. The first-order valence-electron chi connectivity index (χ1n) is 9.44. The van der Waals surface area contributed by atoms with Crippen LogP contribution in [0.1, 0.15) is 15.9 Å². The van der Waals surface area contributed by atoms with Gasteiger partial charge in [0, 0.05) is 39.7 Å². The Kier molecular flexibility index (Phi) is 7.44. The Morgan fingerprint density at radius 1 is 1.12 bits per heavy atom. The highest BCUT2D eigenvalue weighted by molar-refractivity contribution is 7.99. The van der Waals surface area contributed by atoms with Gasteiger partial charge in [-0.25, -0.2) is 8.78 Å². The molecule has 0 atom stereocenters. The summed E-state index contributed by atoms with van der Waals surface area (Å²) in [6, 6.07) is 12.2. The van der Waals surface area contributed by atoms with Crippen molar-refractivity contribution in [3.05, 3.63) is 77.5 Å². The molecule has 0 aliphatic heterocycles. The fourth-order valence-corrected chi connectivity index (χ4v) is 3.92. The van der Waals surface area contributed by atoms with Gasteiger partial charge in [-0.3, -0.25) is 9.20 Å². The fraction of sp³-hybridized carbons (Fsp3) is 0.136. The second-order valence-corrected chi connectivity index (χ2v) is 7.92. The van der Waals surface area contributed by atoms with E-state index in [4.69, 9.17) is 5.11 Å². The van der Waals surface area contributed by atoms with Crippen molar-refractivity contribution in [3.63, 3.8) is 0 Å². The number of hydrogen-bond donors (Lipinski definition) is 2. The Hall–Kier alpha value is -3.01. The van der Waals surface area contributed by atoms with Crippen LogP contribution in [-0.4, -0.2) is 38.8 Å². The first-order chi connectivity index (χ1) is 15.0. The lowest BCUT2D eigenvalue weighted by molar-refractivity contribution is 0.0945. The molecule has 0 saturated heterocycles. The molecule has 2 heterocycles. The molecule has 0 saturated carbocycles. The van der Waals surface area contributed by atoms with E-state index < -0.39 is 11.6 Å². The summed E-state index contributed by atoms with van der Waals surface area (Å²) in [6.45, 7) is 1.92. The Bertz CT molecular complexity index is 1280. The Morgan fingerprint density at radius 2 is 1.94 bits per heavy atom. The summed E-state index contributed by atoms with van der Waals surface area (Å²) in [6.07, 6.45) is 1.77. The van der Waals surface area contributed by atoms with Gasteiger partial charge in [-0.15, -0.1) is 22.6 Å². The average Bonchev–Trinajstić information content (AvgIpc) is 3.17. The van der Waals surface area contributed by atoms with E-state index in [0.717, 1.165) is 29.0 Å². The number of fused-ring (bicyclic) bond motifs is 1. The number of halogens is 3. The number of nitrogens with zero attached hydrogens (tertiary/aromatic N) is 3. The number of rotatable bonds is 6. The summed E-state index contributed by atoms with van der Waals surface area (Å²) in [7, 11) is 0. The summed E-state index contributed by atoms with van der Waals surface area (Å²) in [5.74, 6) is -1.03. The zero-order valence-corrected chi connectivity index (χ0v) is 18.5. The number of aliphatic hydroxyl groups excluding tert-OH is 1. The van der Waals surface area contributed by atoms with Crippen LogP contribution < -0.4 is 5.32 Å². The summed E-state index contributed by atoms with van der Waals surface area (Å²) < 4.78 is 29.0. The third-order valence-corrected chi connectivity index (χ3v) is 5.66. The van der Waals surface area contributed by atoms with Crippen molar-refractivity contribution < 1.29 is 18.7 Å². The molecule has 0 radical (unpaired) electrons. The number of pyridine rings is 1. The number of aryl methyl sites for hydroxylation is 1. The Morgan fingerprint density at radius 3 is 2.69 bits per heavy atom.